The number of likely N-dealkylation sites (tertiary alicyclic amines) is 1. The van der Waals surface area contributed by atoms with Crippen molar-refractivity contribution in [2.24, 2.45) is 0 Å². The third-order valence-corrected chi connectivity index (χ3v) is 8.77. The van der Waals surface area contributed by atoms with Crippen LogP contribution in [0.1, 0.15) is 38.5 Å². The number of hydrogen-bond donors (Lipinski definition) is 2. The van der Waals surface area contributed by atoms with Crippen molar-refractivity contribution >= 4 is 27.5 Å². The number of nitrogens with zero attached hydrogens (tertiary/aromatic N) is 5. The number of likely N-dealkylation sites (N-methyl/N-ethyl adjacent to an activating group) is 1. The molecule has 0 amide bonds. The van der Waals surface area contributed by atoms with Crippen molar-refractivity contribution in [2.75, 3.05) is 25.1 Å². The fourth-order valence-electron chi connectivity index (χ4n) is 6.82. The van der Waals surface area contributed by atoms with Crippen LogP contribution in [0.15, 0.2) is 42.6 Å². The molecule has 3 aliphatic rings. The maximum atomic E-state index is 16.5. The Hall–Kier alpha value is -3.56. The van der Waals surface area contributed by atoms with Gasteiger partial charge >= 0.3 is 6.01 Å². The van der Waals surface area contributed by atoms with Crippen molar-refractivity contribution < 1.29 is 19.3 Å². The maximum absolute atomic E-state index is 16.5. The minimum atomic E-state index is -0.570. The van der Waals surface area contributed by atoms with E-state index in [1.165, 1.54) is 0 Å². The smallest absolute Gasteiger partial charge is 0.319 e. The summed E-state index contributed by atoms with van der Waals surface area (Å²) in [6.45, 7) is 1.46. The Bertz CT molecular complexity index is 1550. The van der Waals surface area contributed by atoms with Crippen LogP contribution < -0.4 is 9.64 Å². The van der Waals surface area contributed by atoms with Gasteiger partial charge in [-0.1, -0.05) is 24.3 Å². The molecule has 8 nitrogen and oxygen atoms in total. The van der Waals surface area contributed by atoms with E-state index in [0.29, 0.717) is 36.2 Å². The fraction of sp³-hybridized carbons (Fsp3) is 0.433. The van der Waals surface area contributed by atoms with Gasteiger partial charge in [0.05, 0.1) is 11.5 Å². The first-order chi connectivity index (χ1) is 19.0. The number of aromatic hydroxyl groups is 1. The van der Waals surface area contributed by atoms with Crippen molar-refractivity contribution in [3.8, 4) is 23.0 Å². The van der Waals surface area contributed by atoms with Gasteiger partial charge in [-0.15, -0.1) is 0 Å². The van der Waals surface area contributed by atoms with Crippen LogP contribution in [0.2, 0.25) is 0 Å². The second kappa shape index (κ2) is 9.57. The van der Waals surface area contributed by atoms with Crippen molar-refractivity contribution in [3.05, 3.63) is 48.4 Å². The van der Waals surface area contributed by atoms with Crippen LogP contribution in [-0.2, 0) is 0 Å². The van der Waals surface area contributed by atoms with E-state index in [-0.39, 0.29) is 47.2 Å². The Labute approximate surface area is 226 Å². The minimum absolute atomic E-state index is 0.0431. The van der Waals surface area contributed by atoms with Crippen LogP contribution >= 0.6 is 0 Å². The van der Waals surface area contributed by atoms with E-state index in [4.69, 9.17) is 9.72 Å². The Morgan fingerprint density at radius 1 is 1.05 bits per heavy atom. The molecule has 0 aliphatic carbocycles. The second-order valence-corrected chi connectivity index (χ2v) is 11.2. The predicted molar refractivity (Wildman–Crippen MR) is 148 cm³/mol. The van der Waals surface area contributed by atoms with Crippen LogP contribution in [0.4, 0.5) is 10.2 Å². The molecule has 0 spiro atoms. The molecule has 2 bridgehead atoms. The van der Waals surface area contributed by atoms with Gasteiger partial charge in [-0.05, 0) is 75.0 Å². The van der Waals surface area contributed by atoms with Gasteiger partial charge in [-0.2, -0.15) is 9.97 Å². The van der Waals surface area contributed by atoms with Gasteiger partial charge in [0.1, 0.15) is 29.4 Å². The van der Waals surface area contributed by atoms with Gasteiger partial charge in [0.25, 0.3) is 0 Å². The summed E-state index contributed by atoms with van der Waals surface area (Å²) in [6.07, 6.45) is 6.71. The van der Waals surface area contributed by atoms with Gasteiger partial charge in [-0.25, -0.2) is 4.39 Å². The summed E-state index contributed by atoms with van der Waals surface area (Å²) < 4.78 is 22.6. The number of aromatic nitrogens is 3. The molecule has 3 aliphatic heterocycles. The topological polar surface area (TPSA) is 94.8 Å². The molecule has 0 radical (unpaired) electrons. The van der Waals surface area contributed by atoms with Gasteiger partial charge in [0.2, 0.25) is 0 Å². The Balaban J connectivity index is 1.38. The molecule has 3 fully saturated rings. The fourth-order valence-corrected chi connectivity index (χ4v) is 6.82. The molecule has 7 rings (SSSR count). The number of halogens is 1. The first-order valence-corrected chi connectivity index (χ1v) is 13.8. The molecule has 5 heterocycles. The van der Waals surface area contributed by atoms with E-state index in [2.05, 4.69) is 26.8 Å². The van der Waals surface area contributed by atoms with Crippen molar-refractivity contribution in [2.45, 2.75) is 62.8 Å². The van der Waals surface area contributed by atoms with E-state index in [0.717, 1.165) is 43.0 Å². The highest BCUT2D eigenvalue weighted by molar-refractivity contribution is 6.00. The van der Waals surface area contributed by atoms with E-state index in [9.17, 15) is 10.2 Å². The number of piperidine rings is 1. The van der Waals surface area contributed by atoms with Gasteiger partial charge < -0.3 is 24.7 Å². The number of benzene rings is 2. The van der Waals surface area contributed by atoms with E-state index in [1.54, 1.807) is 18.3 Å². The molecular formula is C30H32FN5O3. The first kappa shape index (κ1) is 24.5. The lowest BCUT2D eigenvalue weighted by Crippen LogP contribution is -2.45. The quantitative estimate of drug-likeness (QED) is 0.386. The molecule has 4 aromatic rings. The number of ether oxygens (including phenoxy) is 1. The molecule has 9 heteroatoms. The van der Waals surface area contributed by atoms with Gasteiger partial charge in [0, 0.05) is 29.9 Å². The van der Waals surface area contributed by atoms with Crippen LogP contribution in [0, 0.1) is 5.82 Å². The molecule has 1 unspecified atom stereocenters. The number of fused-ring (bicyclic) bond motifs is 4. The van der Waals surface area contributed by atoms with E-state index in [1.807, 2.05) is 24.3 Å². The number of anilines is 1. The number of phenolic OH excluding ortho intramolecular Hbond substituents is 1. The van der Waals surface area contributed by atoms with Crippen LogP contribution in [-0.4, -0.2) is 74.5 Å². The molecule has 4 atom stereocenters. The van der Waals surface area contributed by atoms with Crippen LogP contribution in [0.5, 0.6) is 11.8 Å². The molecule has 0 saturated carbocycles. The maximum Gasteiger partial charge on any atom is 0.319 e. The minimum Gasteiger partial charge on any atom is -0.508 e. The molecule has 2 N–H and O–H groups in total. The molecule has 202 valence electrons. The average Bonchev–Trinajstić information content (AvgIpc) is 3.46. The molecule has 39 heavy (non-hydrogen) atoms. The summed E-state index contributed by atoms with van der Waals surface area (Å²) in [5, 5.41) is 22.9. The number of aliphatic hydroxyl groups excluding tert-OH is 1. The highest BCUT2D eigenvalue weighted by Gasteiger charge is 2.42. The first-order valence-electron chi connectivity index (χ1n) is 13.8. The number of pyridine rings is 1. The molecule has 2 aromatic carbocycles. The Kier molecular flexibility index (Phi) is 6.01. The molecular weight excluding hydrogens is 497 g/mol. The van der Waals surface area contributed by atoms with Crippen LogP contribution in [0.25, 0.3) is 32.9 Å². The van der Waals surface area contributed by atoms with Crippen molar-refractivity contribution in [1.82, 2.24) is 19.9 Å². The number of phenols is 1. The standard InChI is InChI=1S/C30H32FN5O3/c1-35-10-4-6-20(35)16-39-30-33-28-25(29(34-30)36-18-8-9-19(36)13-22(38)12-18)15-32-27(26(28)31)24-14-21(37)11-17-5-2-3-7-23(17)24/h2-3,5,7,11,14-15,18-20,22,37-38H,4,6,8-10,12-13,16H2,1H3/t18-,19+,20-,22?/m0/s1. The third-order valence-electron chi connectivity index (χ3n) is 8.77. The largest absolute Gasteiger partial charge is 0.508 e. The number of hydrogen-bond acceptors (Lipinski definition) is 8. The summed E-state index contributed by atoms with van der Waals surface area (Å²) in [4.78, 5) is 18.5. The van der Waals surface area contributed by atoms with Gasteiger partial charge in [-0.3, -0.25) is 4.98 Å². The normalized spacial score (nSPS) is 25.2. The monoisotopic (exact) mass is 529 g/mol. The lowest BCUT2D eigenvalue weighted by atomic mass is 9.98. The van der Waals surface area contributed by atoms with E-state index < -0.39 is 5.82 Å². The number of rotatable bonds is 5. The second-order valence-electron chi connectivity index (χ2n) is 11.2. The number of aliphatic hydroxyl groups is 1. The highest BCUT2D eigenvalue weighted by Crippen LogP contribution is 2.43. The third kappa shape index (κ3) is 4.24. The van der Waals surface area contributed by atoms with Crippen LogP contribution in [0.3, 0.4) is 0 Å². The summed E-state index contributed by atoms with van der Waals surface area (Å²) in [7, 11) is 2.08. The Morgan fingerprint density at radius 3 is 2.62 bits per heavy atom. The van der Waals surface area contributed by atoms with E-state index >= 15 is 4.39 Å². The summed E-state index contributed by atoms with van der Waals surface area (Å²) in [6, 6.07) is 11.4. The van der Waals surface area contributed by atoms with Crippen molar-refractivity contribution in [3.63, 3.8) is 0 Å². The van der Waals surface area contributed by atoms with Gasteiger partial charge in [0.15, 0.2) is 5.82 Å². The zero-order valence-corrected chi connectivity index (χ0v) is 21.9. The lowest BCUT2D eigenvalue weighted by Gasteiger charge is -2.38. The van der Waals surface area contributed by atoms with Crippen molar-refractivity contribution in [1.29, 1.82) is 0 Å². The summed E-state index contributed by atoms with van der Waals surface area (Å²) >= 11 is 0. The highest BCUT2D eigenvalue weighted by atomic mass is 19.1. The lowest BCUT2D eigenvalue weighted by molar-refractivity contribution is 0.126. The summed E-state index contributed by atoms with van der Waals surface area (Å²) in [5.41, 5.74) is 0.775. The molecule has 3 saturated heterocycles. The SMILES string of the molecule is CN1CCC[C@H]1COc1nc(N2[C@@H]3CC[C@H]2CC(O)C3)c2cnc(-c3cc(O)cc4ccccc34)c(F)c2n1. The predicted octanol–water partition coefficient (Wildman–Crippen LogP) is 4.65. The Morgan fingerprint density at radius 2 is 1.85 bits per heavy atom. The molecule has 2 aromatic heterocycles. The zero-order valence-electron chi connectivity index (χ0n) is 21.9. The average molecular weight is 530 g/mol. The zero-order chi connectivity index (χ0) is 26.7. The summed E-state index contributed by atoms with van der Waals surface area (Å²) in [5.74, 6) is 0.0913.